The van der Waals surface area contributed by atoms with Crippen LogP contribution < -0.4 is 5.32 Å². The Morgan fingerprint density at radius 3 is 2.86 bits per heavy atom. The van der Waals surface area contributed by atoms with Gasteiger partial charge in [0, 0.05) is 25.8 Å². The number of hydrogen-bond acceptors (Lipinski definition) is 4. The Kier molecular flexibility index (Phi) is 5.46. The van der Waals surface area contributed by atoms with Crippen molar-refractivity contribution < 1.29 is 8.42 Å². The summed E-state index contributed by atoms with van der Waals surface area (Å²) in [5.74, 6) is 0.984. The lowest BCUT2D eigenvalue weighted by atomic mass is 10.0. The SMILES string of the molecule is CCCC1CCN(S(=O)(=O)c2cnc(NCC)c(Cl)c2)C1. The highest BCUT2D eigenvalue weighted by Crippen LogP contribution is 2.29. The molecule has 7 heteroatoms. The van der Waals surface area contributed by atoms with Crippen molar-refractivity contribution in [1.82, 2.24) is 9.29 Å². The van der Waals surface area contributed by atoms with Gasteiger partial charge in [-0.25, -0.2) is 13.4 Å². The van der Waals surface area contributed by atoms with E-state index in [1.165, 1.54) is 12.3 Å². The van der Waals surface area contributed by atoms with E-state index in [-0.39, 0.29) is 4.90 Å². The summed E-state index contributed by atoms with van der Waals surface area (Å²) in [7, 11) is -3.49. The summed E-state index contributed by atoms with van der Waals surface area (Å²) in [4.78, 5) is 4.28. The van der Waals surface area contributed by atoms with Crippen molar-refractivity contribution in [2.75, 3.05) is 25.0 Å². The first-order chi connectivity index (χ1) is 9.98. The van der Waals surface area contributed by atoms with Crippen LogP contribution in [0.5, 0.6) is 0 Å². The minimum absolute atomic E-state index is 0.173. The third-order valence-electron chi connectivity index (χ3n) is 3.74. The molecule has 1 saturated heterocycles. The molecule has 1 aliphatic rings. The van der Waals surface area contributed by atoms with E-state index in [4.69, 9.17) is 11.6 Å². The predicted octanol–water partition coefficient (Wildman–Crippen LogP) is 2.98. The second-order valence-electron chi connectivity index (χ2n) is 5.34. The molecule has 0 radical (unpaired) electrons. The molecule has 1 fully saturated rings. The van der Waals surface area contributed by atoms with Gasteiger partial charge in [-0.05, 0) is 31.7 Å². The molecule has 1 N–H and O–H groups in total. The van der Waals surface area contributed by atoms with Crippen LogP contribution in [0.15, 0.2) is 17.2 Å². The van der Waals surface area contributed by atoms with Crippen LogP contribution in [-0.4, -0.2) is 37.3 Å². The summed E-state index contributed by atoms with van der Waals surface area (Å²) in [6.07, 6.45) is 4.48. The summed E-state index contributed by atoms with van der Waals surface area (Å²) in [5.41, 5.74) is 0. The number of hydrogen-bond donors (Lipinski definition) is 1. The quantitative estimate of drug-likeness (QED) is 0.870. The van der Waals surface area contributed by atoms with Crippen molar-refractivity contribution >= 4 is 27.4 Å². The molecule has 1 aromatic rings. The maximum atomic E-state index is 12.6. The van der Waals surface area contributed by atoms with E-state index in [9.17, 15) is 8.42 Å². The van der Waals surface area contributed by atoms with E-state index in [1.807, 2.05) is 6.92 Å². The van der Waals surface area contributed by atoms with E-state index in [0.717, 1.165) is 19.3 Å². The molecular formula is C14H22ClN3O2S. The highest BCUT2D eigenvalue weighted by molar-refractivity contribution is 7.89. The van der Waals surface area contributed by atoms with Gasteiger partial charge in [0.15, 0.2) is 0 Å². The first-order valence-electron chi connectivity index (χ1n) is 7.38. The van der Waals surface area contributed by atoms with Crippen molar-refractivity contribution in [1.29, 1.82) is 0 Å². The van der Waals surface area contributed by atoms with Gasteiger partial charge in [-0.2, -0.15) is 4.31 Å². The minimum atomic E-state index is -3.49. The lowest BCUT2D eigenvalue weighted by Gasteiger charge is -2.17. The third kappa shape index (κ3) is 3.67. The van der Waals surface area contributed by atoms with Gasteiger partial charge in [-0.3, -0.25) is 0 Å². The predicted molar refractivity (Wildman–Crippen MR) is 85.2 cm³/mol. The van der Waals surface area contributed by atoms with Gasteiger partial charge in [0.2, 0.25) is 10.0 Å². The third-order valence-corrected chi connectivity index (χ3v) is 5.86. The van der Waals surface area contributed by atoms with Crippen molar-refractivity contribution in [3.63, 3.8) is 0 Å². The summed E-state index contributed by atoms with van der Waals surface area (Å²) < 4.78 is 26.8. The topological polar surface area (TPSA) is 62.3 Å². The number of rotatable bonds is 6. The zero-order chi connectivity index (χ0) is 15.5. The molecule has 0 spiro atoms. The smallest absolute Gasteiger partial charge is 0.244 e. The average Bonchev–Trinajstić information content (AvgIpc) is 2.91. The van der Waals surface area contributed by atoms with Crippen LogP contribution in [0.1, 0.15) is 33.1 Å². The fourth-order valence-electron chi connectivity index (χ4n) is 2.67. The van der Waals surface area contributed by atoms with Crippen LogP contribution in [0.2, 0.25) is 5.02 Å². The molecule has 2 rings (SSSR count). The number of nitrogens with one attached hydrogen (secondary N) is 1. The Morgan fingerprint density at radius 1 is 1.48 bits per heavy atom. The van der Waals surface area contributed by atoms with Crippen molar-refractivity contribution in [3.05, 3.63) is 17.3 Å². The Hall–Kier alpha value is -0.850. The van der Waals surface area contributed by atoms with E-state index in [2.05, 4.69) is 17.2 Å². The largest absolute Gasteiger partial charge is 0.369 e. The van der Waals surface area contributed by atoms with Gasteiger partial charge < -0.3 is 5.32 Å². The summed E-state index contributed by atoms with van der Waals surface area (Å²) in [6, 6.07) is 1.48. The monoisotopic (exact) mass is 331 g/mol. The Labute approximate surface area is 131 Å². The van der Waals surface area contributed by atoms with Gasteiger partial charge in [-0.1, -0.05) is 24.9 Å². The molecule has 0 amide bonds. The zero-order valence-corrected chi connectivity index (χ0v) is 14.0. The Balaban J connectivity index is 2.18. The molecule has 5 nitrogen and oxygen atoms in total. The fourth-order valence-corrected chi connectivity index (χ4v) is 4.47. The van der Waals surface area contributed by atoms with Crippen LogP contribution in [0, 0.1) is 5.92 Å². The van der Waals surface area contributed by atoms with Crippen LogP contribution in [0.3, 0.4) is 0 Å². The van der Waals surface area contributed by atoms with Crippen molar-refractivity contribution in [3.8, 4) is 0 Å². The van der Waals surface area contributed by atoms with Crippen LogP contribution >= 0.6 is 11.6 Å². The Bertz CT molecular complexity index is 592. The van der Waals surface area contributed by atoms with Crippen molar-refractivity contribution in [2.45, 2.75) is 38.0 Å². The standard InChI is InChI=1S/C14H22ClN3O2S/c1-3-5-11-6-7-18(10-11)21(19,20)12-8-13(15)14(16-4-2)17-9-12/h8-9,11H,3-7,10H2,1-2H3,(H,16,17). The van der Waals surface area contributed by atoms with Crippen LogP contribution in [0.4, 0.5) is 5.82 Å². The Morgan fingerprint density at radius 2 is 2.24 bits per heavy atom. The molecule has 1 unspecified atom stereocenters. The van der Waals surface area contributed by atoms with E-state index >= 15 is 0 Å². The van der Waals surface area contributed by atoms with Gasteiger partial charge in [-0.15, -0.1) is 0 Å². The molecule has 1 aliphatic heterocycles. The van der Waals surface area contributed by atoms with Gasteiger partial charge >= 0.3 is 0 Å². The van der Waals surface area contributed by atoms with Crippen molar-refractivity contribution in [2.24, 2.45) is 5.92 Å². The average molecular weight is 332 g/mol. The molecule has 1 aromatic heterocycles. The number of aromatic nitrogens is 1. The molecule has 0 aliphatic carbocycles. The first kappa shape index (κ1) is 16.5. The highest BCUT2D eigenvalue weighted by Gasteiger charge is 2.32. The number of halogens is 1. The number of nitrogens with zero attached hydrogens (tertiary/aromatic N) is 2. The molecule has 2 heterocycles. The molecule has 0 bridgehead atoms. The maximum absolute atomic E-state index is 12.6. The van der Waals surface area contributed by atoms with Gasteiger partial charge in [0.1, 0.15) is 10.7 Å². The maximum Gasteiger partial charge on any atom is 0.244 e. The summed E-state index contributed by atoms with van der Waals surface area (Å²) >= 11 is 6.09. The van der Waals surface area contributed by atoms with Gasteiger partial charge in [0.25, 0.3) is 0 Å². The molecule has 21 heavy (non-hydrogen) atoms. The van der Waals surface area contributed by atoms with Crippen LogP contribution in [0.25, 0.3) is 0 Å². The normalized spacial score (nSPS) is 19.9. The first-order valence-corrected chi connectivity index (χ1v) is 9.20. The minimum Gasteiger partial charge on any atom is -0.369 e. The lowest BCUT2D eigenvalue weighted by Crippen LogP contribution is -2.29. The van der Waals surface area contributed by atoms with Crippen LogP contribution in [-0.2, 0) is 10.0 Å². The molecule has 0 saturated carbocycles. The number of anilines is 1. The molecule has 0 aromatic carbocycles. The molecular weight excluding hydrogens is 310 g/mol. The number of pyridine rings is 1. The second-order valence-corrected chi connectivity index (χ2v) is 7.68. The van der Waals surface area contributed by atoms with Gasteiger partial charge in [0.05, 0.1) is 5.02 Å². The highest BCUT2D eigenvalue weighted by atomic mass is 35.5. The summed E-state index contributed by atoms with van der Waals surface area (Å²) in [6.45, 7) is 5.92. The zero-order valence-electron chi connectivity index (χ0n) is 12.5. The molecule has 1 atom stereocenters. The van der Waals surface area contributed by atoms with E-state index in [0.29, 0.717) is 36.4 Å². The lowest BCUT2D eigenvalue weighted by molar-refractivity contribution is 0.444. The summed E-state index contributed by atoms with van der Waals surface area (Å²) in [5, 5.41) is 3.33. The molecule has 118 valence electrons. The van der Waals surface area contributed by atoms with E-state index in [1.54, 1.807) is 4.31 Å². The van der Waals surface area contributed by atoms with E-state index < -0.39 is 10.0 Å². The fraction of sp³-hybridized carbons (Fsp3) is 0.643. The number of sulfonamides is 1. The second kappa shape index (κ2) is 6.94.